The van der Waals surface area contributed by atoms with Gasteiger partial charge in [0.1, 0.15) is 5.75 Å². The number of hydrogen-bond donors (Lipinski definition) is 2. The third-order valence-corrected chi connectivity index (χ3v) is 5.55. The van der Waals surface area contributed by atoms with Gasteiger partial charge in [0.05, 0.1) is 0 Å². The Morgan fingerprint density at radius 3 is 2.48 bits per heavy atom. The summed E-state index contributed by atoms with van der Waals surface area (Å²) in [5.74, 6) is 1.04. The molecule has 1 aliphatic heterocycles. The number of nitrogens with one attached hydrogen (secondary N) is 1. The van der Waals surface area contributed by atoms with Crippen LogP contribution in [0, 0.1) is 19.8 Å². The van der Waals surface area contributed by atoms with E-state index in [4.69, 9.17) is 0 Å². The first kappa shape index (κ1) is 16.8. The van der Waals surface area contributed by atoms with E-state index in [2.05, 4.69) is 46.9 Å². The highest BCUT2D eigenvalue weighted by Crippen LogP contribution is 2.40. The Morgan fingerprint density at radius 1 is 1.29 bits per heavy atom. The average Bonchev–Trinajstić information content (AvgIpc) is 2.44. The molecule has 1 saturated heterocycles. The molecular weight excluding hydrogens is 328 g/mol. The second-order valence-corrected chi connectivity index (χ2v) is 7.29. The summed E-state index contributed by atoms with van der Waals surface area (Å²) in [4.78, 5) is 2.51. The van der Waals surface area contributed by atoms with Crippen molar-refractivity contribution in [3.05, 3.63) is 27.2 Å². The maximum atomic E-state index is 10.5. The summed E-state index contributed by atoms with van der Waals surface area (Å²) in [5, 5.41) is 14.0. The van der Waals surface area contributed by atoms with E-state index in [1.165, 1.54) is 5.56 Å². The fourth-order valence-electron chi connectivity index (χ4n) is 3.26. The molecule has 3 nitrogen and oxygen atoms in total. The van der Waals surface area contributed by atoms with E-state index >= 15 is 0 Å². The number of nitrogens with zero attached hydrogens (tertiary/aromatic N) is 1. The van der Waals surface area contributed by atoms with Gasteiger partial charge in [-0.05, 0) is 43.4 Å². The second kappa shape index (κ2) is 7.12. The van der Waals surface area contributed by atoms with Crippen LogP contribution < -0.4 is 5.32 Å². The standard InChI is InChI=1S/C17H27BrN2O/c1-11(2)9-14(20-7-5-19-6-8-20)16-13(4)17(18)12(3)10-15(16)21/h10-11,14,19,21H,5-9H2,1-4H3/t14-/m1/s1. The zero-order valence-corrected chi connectivity index (χ0v) is 15.1. The number of benzene rings is 1. The minimum atomic E-state index is 0.295. The normalized spacial score (nSPS) is 18.2. The van der Waals surface area contributed by atoms with Crippen LogP contribution in [-0.4, -0.2) is 36.2 Å². The lowest BCUT2D eigenvalue weighted by Gasteiger charge is -2.37. The Labute approximate surface area is 136 Å². The minimum Gasteiger partial charge on any atom is -0.508 e. The fourth-order valence-corrected chi connectivity index (χ4v) is 3.59. The van der Waals surface area contributed by atoms with Crippen molar-refractivity contribution in [1.82, 2.24) is 10.2 Å². The molecule has 1 fully saturated rings. The summed E-state index contributed by atoms with van der Waals surface area (Å²) in [6, 6.07) is 2.19. The molecule has 0 saturated carbocycles. The highest BCUT2D eigenvalue weighted by atomic mass is 79.9. The highest BCUT2D eigenvalue weighted by Gasteiger charge is 2.27. The van der Waals surface area contributed by atoms with E-state index in [0.29, 0.717) is 17.7 Å². The zero-order chi connectivity index (χ0) is 15.6. The first-order chi connectivity index (χ1) is 9.91. The highest BCUT2D eigenvalue weighted by molar-refractivity contribution is 9.10. The van der Waals surface area contributed by atoms with Crippen LogP contribution in [0.1, 0.15) is 43.0 Å². The fraction of sp³-hybridized carbons (Fsp3) is 0.647. The number of phenolic OH excluding ortho intramolecular Hbond substituents is 1. The summed E-state index contributed by atoms with van der Waals surface area (Å²) in [6.45, 7) is 12.8. The Balaban J connectivity index is 2.43. The minimum absolute atomic E-state index is 0.295. The lowest BCUT2D eigenvalue weighted by Crippen LogP contribution is -2.45. The van der Waals surface area contributed by atoms with Crippen molar-refractivity contribution in [3.8, 4) is 5.75 Å². The van der Waals surface area contributed by atoms with E-state index in [0.717, 1.165) is 48.2 Å². The summed E-state index contributed by atoms with van der Waals surface area (Å²) in [6.07, 6.45) is 1.07. The molecule has 0 aliphatic carbocycles. The number of phenols is 1. The van der Waals surface area contributed by atoms with Gasteiger partial charge in [-0.2, -0.15) is 0 Å². The van der Waals surface area contributed by atoms with E-state index in [9.17, 15) is 5.11 Å². The van der Waals surface area contributed by atoms with Crippen molar-refractivity contribution in [3.63, 3.8) is 0 Å². The quantitative estimate of drug-likeness (QED) is 0.863. The van der Waals surface area contributed by atoms with Crippen LogP contribution in [0.4, 0.5) is 0 Å². The van der Waals surface area contributed by atoms with Gasteiger partial charge in [-0.1, -0.05) is 29.8 Å². The van der Waals surface area contributed by atoms with Gasteiger partial charge in [-0.3, -0.25) is 4.90 Å². The largest absolute Gasteiger partial charge is 0.508 e. The number of hydrogen-bond acceptors (Lipinski definition) is 3. The summed E-state index contributed by atoms with van der Waals surface area (Å²) in [7, 11) is 0. The van der Waals surface area contributed by atoms with Gasteiger partial charge >= 0.3 is 0 Å². The van der Waals surface area contributed by atoms with E-state index in [-0.39, 0.29) is 0 Å². The molecule has 0 amide bonds. The second-order valence-electron chi connectivity index (χ2n) is 6.50. The summed E-state index contributed by atoms with van der Waals surface area (Å²) >= 11 is 3.68. The third kappa shape index (κ3) is 3.79. The van der Waals surface area contributed by atoms with Gasteiger partial charge in [0.25, 0.3) is 0 Å². The van der Waals surface area contributed by atoms with E-state index in [1.807, 2.05) is 13.0 Å². The molecule has 1 aromatic carbocycles. The molecule has 0 spiro atoms. The van der Waals surface area contributed by atoms with Crippen LogP contribution in [0.3, 0.4) is 0 Å². The number of aromatic hydroxyl groups is 1. The maximum Gasteiger partial charge on any atom is 0.120 e. The number of piperazine rings is 1. The van der Waals surface area contributed by atoms with Gasteiger partial charge in [0.15, 0.2) is 0 Å². The molecule has 118 valence electrons. The molecule has 1 heterocycles. The van der Waals surface area contributed by atoms with Crippen molar-refractivity contribution >= 4 is 15.9 Å². The molecule has 0 bridgehead atoms. The third-order valence-electron chi connectivity index (χ3n) is 4.33. The first-order valence-corrected chi connectivity index (χ1v) is 8.64. The van der Waals surface area contributed by atoms with Crippen LogP contribution in [0.5, 0.6) is 5.75 Å². The molecule has 0 aromatic heterocycles. The predicted octanol–water partition coefficient (Wildman–Crippen LogP) is 3.76. The lowest BCUT2D eigenvalue weighted by atomic mass is 9.90. The van der Waals surface area contributed by atoms with E-state index in [1.54, 1.807) is 0 Å². The Hall–Kier alpha value is -0.580. The van der Waals surface area contributed by atoms with Gasteiger partial charge in [-0.15, -0.1) is 0 Å². The van der Waals surface area contributed by atoms with Crippen molar-refractivity contribution in [2.45, 2.75) is 40.2 Å². The smallest absolute Gasteiger partial charge is 0.120 e. The van der Waals surface area contributed by atoms with E-state index < -0.39 is 0 Å². The Morgan fingerprint density at radius 2 is 1.90 bits per heavy atom. The molecular formula is C17H27BrN2O. The van der Waals surface area contributed by atoms with Gasteiger partial charge in [0.2, 0.25) is 0 Å². The number of aryl methyl sites for hydroxylation is 1. The van der Waals surface area contributed by atoms with Crippen LogP contribution in [-0.2, 0) is 0 Å². The molecule has 21 heavy (non-hydrogen) atoms. The van der Waals surface area contributed by atoms with Gasteiger partial charge < -0.3 is 10.4 Å². The molecule has 4 heteroatoms. The molecule has 0 radical (unpaired) electrons. The molecule has 2 rings (SSSR count). The van der Waals surface area contributed by atoms with Gasteiger partial charge in [-0.25, -0.2) is 0 Å². The zero-order valence-electron chi connectivity index (χ0n) is 13.5. The molecule has 1 aliphatic rings. The van der Waals surface area contributed by atoms with Crippen LogP contribution in [0.15, 0.2) is 10.5 Å². The maximum absolute atomic E-state index is 10.5. The van der Waals surface area contributed by atoms with Crippen LogP contribution in [0.25, 0.3) is 0 Å². The van der Waals surface area contributed by atoms with Crippen LogP contribution >= 0.6 is 15.9 Å². The first-order valence-electron chi connectivity index (χ1n) is 7.85. The van der Waals surface area contributed by atoms with Crippen molar-refractivity contribution < 1.29 is 5.11 Å². The lowest BCUT2D eigenvalue weighted by molar-refractivity contribution is 0.151. The molecule has 2 N–H and O–H groups in total. The Bertz CT molecular complexity index is 496. The van der Waals surface area contributed by atoms with Crippen molar-refractivity contribution in [2.75, 3.05) is 26.2 Å². The van der Waals surface area contributed by atoms with Gasteiger partial charge in [0, 0.05) is 42.3 Å². The molecule has 1 aromatic rings. The predicted molar refractivity (Wildman–Crippen MR) is 91.9 cm³/mol. The van der Waals surface area contributed by atoms with Crippen LogP contribution in [0.2, 0.25) is 0 Å². The van der Waals surface area contributed by atoms with Crippen molar-refractivity contribution in [2.24, 2.45) is 5.92 Å². The topological polar surface area (TPSA) is 35.5 Å². The summed E-state index contributed by atoms with van der Waals surface area (Å²) in [5.41, 5.74) is 3.37. The Kier molecular flexibility index (Phi) is 5.69. The monoisotopic (exact) mass is 354 g/mol. The number of halogens is 1. The summed E-state index contributed by atoms with van der Waals surface area (Å²) < 4.78 is 1.12. The van der Waals surface area contributed by atoms with Crippen molar-refractivity contribution in [1.29, 1.82) is 0 Å². The molecule has 1 atom stereocenters. The number of rotatable bonds is 4. The molecule has 0 unspecified atom stereocenters. The average molecular weight is 355 g/mol. The SMILES string of the molecule is Cc1cc(O)c([C@@H](CC(C)C)N2CCNCC2)c(C)c1Br.